The van der Waals surface area contributed by atoms with Gasteiger partial charge in [-0.3, -0.25) is 9.78 Å². The van der Waals surface area contributed by atoms with Crippen LogP contribution in [0.25, 0.3) is 11.3 Å². The monoisotopic (exact) mass is 443 g/mol. The van der Waals surface area contributed by atoms with E-state index in [0.717, 1.165) is 0 Å². The molecule has 6 atom stereocenters. The predicted octanol–water partition coefficient (Wildman–Crippen LogP) is 3.01. The molecule has 2 aliphatic rings. The second-order valence-electron chi connectivity index (χ2n) is 9.20. The van der Waals surface area contributed by atoms with Crippen LogP contribution in [-0.2, 0) is 9.53 Å². The first-order chi connectivity index (χ1) is 15.1. The third-order valence-electron chi connectivity index (χ3n) is 7.29. The smallest absolute Gasteiger partial charge is 0.345 e. The van der Waals surface area contributed by atoms with Crippen LogP contribution in [0.15, 0.2) is 39.8 Å². The van der Waals surface area contributed by atoms with Crippen molar-refractivity contribution in [2.75, 3.05) is 0 Å². The molecule has 1 aliphatic heterocycles. The van der Waals surface area contributed by atoms with Crippen molar-refractivity contribution < 1.29 is 28.9 Å². The third kappa shape index (κ3) is 3.61. The fraction of sp³-hybridized carbons (Fsp3) is 0.542. The number of hydrogen-bond acceptors (Lipinski definition) is 8. The molecule has 0 amide bonds. The van der Waals surface area contributed by atoms with Crippen LogP contribution < -0.4 is 10.4 Å². The molecule has 2 aromatic heterocycles. The Bertz CT molecular complexity index is 1070. The SMILES string of the molecule is CC[C@](C)(OC(C)=O)[C@H]1C[C@@H](O)[C@]2(C)Oc3cc(-c4cccnc4)oc(=O)c3[C@H](O)[C@H]2C1. The van der Waals surface area contributed by atoms with Gasteiger partial charge in [0.2, 0.25) is 0 Å². The van der Waals surface area contributed by atoms with Gasteiger partial charge in [0.05, 0.1) is 12.2 Å². The lowest BCUT2D eigenvalue weighted by Gasteiger charge is -2.54. The molecule has 1 saturated carbocycles. The minimum absolute atomic E-state index is 0.0404. The summed E-state index contributed by atoms with van der Waals surface area (Å²) in [7, 11) is 0. The van der Waals surface area contributed by atoms with Gasteiger partial charge in [-0.05, 0) is 45.2 Å². The Morgan fingerprint density at radius 1 is 1.38 bits per heavy atom. The number of fused-ring (bicyclic) bond motifs is 2. The molecule has 1 aliphatic carbocycles. The van der Waals surface area contributed by atoms with Crippen LogP contribution in [0.3, 0.4) is 0 Å². The average molecular weight is 443 g/mol. The topological polar surface area (TPSA) is 119 Å². The third-order valence-corrected chi connectivity index (χ3v) is 7.29. The molecular weight excluding hydrogens is 414 g/mol. The van der Waals surface area contributed by atoms with Crippen molar-refractivity contribution in [3.05, 3.63) is 46.6 Å². The van der Waals surface area contributed by atoms with Gasteiger partial charge < -0.3 is 24.1 Å². The van der Waals surface area contributed by atoms with E-state index in [1.54, 1.807) is 37.5 Å². The Hall–Kier alpha value is -2.71. The predicted molar refractivity (Wildman–Crippen MR) is 115 cm³/mol. The quantitative estimate of drug-likeness (QED) is 0.692. The summed E-state index contributed by atoms with van der Waals surface area (Å²) in [5.74, 6) is -0.732. The van der Waals surface area contributed by atoms with E-state index >= 15 is 0 Å². The number of aromatic nitrogens is 1. The zero-order chi connectivity index (χ0) is 23.3. The van der Waals surface area contributed by atoms with Gasteiger partial charge in [-0.25, -0.2) is 4.79 Å². The van der Waals surface area contributed by atoms with E-state index in [9.17, 15) is 19.8 Å². The molecule has 0 aromatic carbocycles. The molecule has 4 rings (SSSR count). The van der Waals surface area contributed by atoms with Crippen LogP contribution in [-0.4, -0.2) is 38.5 Å². The minimum atomic E-state index is -1.20. The minimum Gasteiger partial charge on any atom is -0.484 e. The molecule has 32 heavy (non-hydrogen) atoms. The molecule has 8 heteroatoms. The van der Waals surface area contributed by atoms with Crippen molar-refractivity contribution in [2.24, 2.45) is 11.8 Å². The number of ether oxygens (including phenoxy) is 2. The maximum Gasteiger partial charge on any atom is 0.345 e. The van der Waals surface area contributed by atoms with Crippen molar-refractivity contribution in [1.82, 2.24) is 4.98 Å². The van der Waals surface area contributed by atoms with Gasteiger partial charge in [0.1, 0.15) is 28.3 Å². The number of hydrogen-bond donors (Lipinski definition) is 2. The van der Waals surface area contributed by atoms with Gasteiger partial charge in [-0.1, -0.05) is 6.92 Å². The van der Waals surface area contributed by atoms with Gasteiger partial charge in [-0.2, -0.15) is 0 Å². The maximum atomic E-state index is 12.8. The molecule has 0 radical (unpaired) electrons. The lowest BCUT2D eigenvalue weighted by molar-refractivity contribution is -0.196. The van der Waals surface area contributed by atoms with Gasteiger partial charge in [0.25, 0.3) is 0 Å². The van der Waals surface area contributed by atoms with Crippen molar-refractivity contribution in [1.29, 1.82) is 0 Å². The second-order valence-corrected chi connectivity index (χ2v) is 9.20. The van der Waals surface area contributed by atoms with E-state index in [0.29, 0.717) is 24.8 Å². The molecule has 2 N–H and O–H groups in total. The number of pyridine rings is 1. The molecular formula is C24H29NO7. The molecule has 0 unspecified atom stereocenters. The van der Waals surface area contributed by atoms with Crippen LogP contribution in [0.4, 0.5) is 0 Å². The molecule has 1 fully saturated rings. The lowest BCUT2D eigenvalue weighted by Crippen LogP contribution is -2.62. The van der Waals surface area contributed by atoms with Crippen LogP contribution >= 0.6 is 0 Å². The summed E-state index contributed by atoms with van der Waals surface area (Å²) in [6, 6.07) is 5.04. The molecule has 0 bridgehead atoms. The normalized spacial score (nSPS) is 30.9. The zero-order valence-corrected chi connectivity index (χ0v) is 18.7. The Morgan fingerprint density at radius 2 is 2.12 bits per heavy atom. The summed E-state index contributed by atoms with van der Waals surface area (Å²) in [6.45, 7) is 6.86. The summed E-state index contributed by atoms with van der Waals surface area (Å²) in [4.78, 5) is 28.6. The number of aliphatic hydroxyl groups is 2. The Morgan fingerprint density at radius 3 is 2.75 bits per heavy atom. The maximum absolute atomic E-state index is 12.8. The average Bonchev–Trinajstić information content (AvgIpc) is 2.74. The highest BCUT2D eigenvalue weighted by atomic mass is 16.6. The Balaban J connectivity index is 1.73. The number of aliphatic hydroxyl groups excluding tert-OH is 2. The molecule has 2 aromatic rings. The van der Waals surface area contributed by atoms with Crippen molar-refractivity contribution in [3.63, 3.8) is 0 Å². The number of carbonyl (C=O) groups is 1. The van der Waals surface area contributed by atoms with Crippen LogP contribution in [0, 0.1) is 11.8 Å². The number of carbonyl (C=O) groups excluding carboxylic acids is 1. The summed E-state index contributed by atoms with van der Waals surface area (Å²) >= 11 is 0. The van der Waals surface area contributed by atoms with E-state index in [-0.39, 0.29) is 23.0 Å². The van der Waals surface area contributed by atoms with Crippen LogP contribution in [0.2, 0.25) is 0 Å². The highest BCUT2D eigenvalue weighted by Crippen LogP contribution is 2.53. The Kier molecular flexibility index (Phi) is 5.63. The van der Waals surface area contributed by atoms with E-state index in [4.69, 9.17) is 13.9 Å². The fourth-order valence-corrected chi connectivity index (χ4v) is 5.17. The van der Waals surface area contributed by atoms with Gasteiger partial charge in [0.15, 0.2) is 0 Å². The first kappa shape index (κ1) is 22.5. The summed E-state index contributed by atoms with van der Waals surface area (Å²) < 4.78 is 17.3. The standard InChI is InChI=1S/C24H29NO7/c1-5-23(3,31-13(2)26)15-9-16-21(28)20-18(32-24(16,4)19(27)10-15)11-17(30-22(20)29)14-7-6-8-25-12-14/h6-8,11-12,15-16,19,21,27-28H,5,9-10H2,1-4H3/t15-,16-,19-,21-,23+,24-/m1/s1. The van der Waals surface area contributed by atoms with Crippen LogP contribution in [0.5, 0.6) is 5.75 Å². The summed E-state index contributed by atoms with van der Waals surface area (Å²) in [5.41, 5.74) is -1.97. The van der Waals surface area contributed by atoms with E-state index in [2.05, 4.69) is 4.98 Å². The molecule has 8 nitrogen and oxygen atoms in total. The highest BCUT2D eigenvalue weighted by molar-refractivity contribution is 5.66. The largest absolute Gasteiger partial charge is 0.484 e. The van der Waals surface area contributed by atoms with E-state index in [1.165, 1.54) is 6.92 Å². The summed E-state index contributed by atoms with van der Waals surface area (Å²) in [6.07, 6.45) is 2.34. The van der Waals surface area contributed by atoms with Crippen molar-refractivity contribution in [2.45, 2.75) is 70.4 Å². The first-order valence-corrected chi connectivity index (χ1v) is 10.9. The number of esters is 1. The van der Waals surface area contributed by atoms with Crippen molar-refractivity contribution in [3.8, 4) is 17.1 Å². The number of nitrogens with zero attached hydrogens (tertiary/aromatic N) is 1. The van der Waals surface area contributed by atoms with Crippen LogP contribution in [0.1, 0.15) is 58.6 Å². The Labute approximate surface area is 186 Å². The second kappa shape index (κ2) is 8.01. The highest BCUT2D eigenvalue weighted by Gasteiger charge is 2.58. The molecule has 3 heterocycles. The first-order valence-electron chi connectivity index (χ1n) is 10.9. The van der Waals surface area contributed by atoms with Gasteiger partial charge >= 0.3 is 11.6 Å². The van der Waals surface area contributed by atoms with Gasteiger partial charge in [0, 0.05) is 42.8 Å². The molecule has 0 spiro atoms. The molecule has 0 saturated heterocycles. The summed E-state index contributed by atoms with van der Waals surface area (Å²) in [5, 5.41) is 22.4. The molecule has 172 valence electrons. The fourth-order valence-electron chi connectivity index (χ4n) is 5.17. The van der Waals surface area contributed by atoms with E-state index in [1.807, 2.05) is 13.8 Å². The lowest BCUT2D eigenvalue weighted by atomic mass is 9.61. The zero-order valence-electron chi connectivity index (χ0n) is 18.7. The van der Waals surface area contributed by atoms with Crippen molar-refractivity contribution >= 4 is 5.97 Å². The van der Waals surface area contributed by atoms with Gasteiger partial charge in [-0.15, -0.1) is 0 Å². The number of rotatable bonds is 4. The van der Waals surface area contributed by atoms with E-state index < -0.39 is 40.9 Å².